The lowest BCUT2D eigenvalue weighted by atomic mass is 10.2. The number of hydrogen-bond acceptors (Lipinski definition) is 4. The quantitative estimate of drug-likeness (QED) is 0.861. The molecule has 1 atom stereocenters. The number of hydrogen-bond donors (Lipinski definition) is 1. The largest absolute Gasteiger partial charge is 0.379 e. The van der Waals surface area contributed by atoms with Crippen molar-refractivity contribution >= 4 is 29.1 Å². The monoisotopic (exact) mass is 317 g/mol. The first-order chi connectivity index (χ1) is 9.56. The summed E-state index contributed by atoms with van der Waals surface area (Å²) in [4.78, 5) is 18.2. The summed E-state index contributed by atoms with van der Waals surface area (Å²) in [7, 11) is 0. The summed E-state index contributed by atoms with van der Waals surface area (Å²) in [6.45, 7) is 6.02. The Labute approximate surface area is 128 Å². The third-order valence-corrected chi connectivity index (χ3v) is 3.57. The summed E-state index contributed by atoms with van der Waals surface area (Å²) in [6, 6.07) is 3.15. The Morgan fingerprint density at radius 3 is 2.80 bits per heavy atom. The van der Waals surface area contributed by atoms with E-state index in [1.807, 2.05) is 6.92 Å². The number of pyridine rings is 1. The molecular formula is C13H17Cl2N3O2. The van der Waals surface area contributed by atoms with Gasteiger partial charge in [0, 0.05) is 25.7 Å². The third kappa shape index (κ3) is 4.31. The van der Waals surface area contributed by atoms with Crippen molar-refractivity contribution in [2.45, 2.75) is 13.0 Å². The van der Waals surface area contributed by atoms with E-state index < -0.39 is 0 Å². The average molecular weight is 318 g/mol. The Morgan fingerprint density at radius 1 is 1.45 bits per heavy atom. The van der Waals surface area contributed by atoms with Gasteiger partial charge in [-0.25, -0.2) is 4.98 Å². The van der Waals surface area contributed by atoms with E-state index in [4.69, 9.17) is 27.9 Å². The summed E-state index contributed by atoms with van der Waals surface area (Å²) in [5, 5.41) is 3.31. The van der Waals surface area contributed by atoms with Crippen molar-refractivity contribution in [3.05, 3.63) is 28.0 Å². The van der Waals surface area contributed by atoms with Crippen LogP contribution in [-0.4, -0.2) is 54.7 Å². The Morgan fingerprint density at radius 2 is 2.15 bits per heavy atom. The first kappa shape index (κ1) is 15.5. The number of halogens is 2. The predicted octanol–water partition coefficient (Wildman–Crippen LogP) is 1.84. The van der Waals surface area contributed by atoms with Gasteiger partial charge in [-0.2, -0.15) is 0 Å². The van der Waals surface area contributed by atoms with Gasteiger partial charge >= 0.3 is 0 Å². The van der Waals surface area contributed by atoms with E-state index in [-0.39, 0.29) is 22.3 Å². The number of amides is 1. The Kier molecular flexibility index (Phi) is 5.60. The van der Waals surface area contributed by atoms with Crippen LogP contribution in [0.1, 0.15) is 17.3 Å². The normalized spacial score (nSPS) is 17.8. The van der Waals surface area contributed by atoms with Gasteiger partial charge in [0.15, 0.2) is 0 Å². The molecule has 1 aromatic rings. The Bertz CT molecular complexity index is 479. The molecule has 1 amide bonds. The van der Waals surface area contributed by atoms with E-state index in [2.05, 4.69) is 15.2 Å². The molecule has 2 rings (SSSR count). The number of ether oxygens (including phenoxy) is 1. The number of aromatic nitrogens is 1. The van der Waals surface area contributed by atoms with Gasteiger partial charge in [-0.1, -0.05) is 23.2 Å². The van der Waals surface area contributed by atoms with Crippen molar-refractivity contribution in [3.63, 3.8) is 0 Å². The molecule has 0 saturated carbocycles. The van der Waals surface area contributed by atoms with Gasteiger partial charge < -0.3 is 10.1 Å². The molecule has 0 bridgehead atoms. The molecule has 0 spiro atoms. The molecule has 1 fully saturated rings. The summed E-state index contributed by atoms with van der Waals surface area (Å²) < 4.78 is 5.29. The molecule has 1 unspecified atom stereocenters. The number of rotatable bonds is 4. The zero-order valence-electron chi connectivity index (χ0n) is 11.2. The minimum absolute atomic E-state index is 0.0207. The van der Waals surface area contributed by atoms with Crippen LogP contribution in [0.3, 0.4) is 0 Å². The summed E-state index contributed by atoms with van der Waals surface area (Å²) in [5.74, 6) is -0.236. The number of nitrogens with one attached hydrogen (secondary N) is 1. The van der Waals surface area contributed by atoms with Crippen molar-refractivity contribution in [1.29, 1.82) is 0 Å². The van der Waals surface area contributed by atoms with Crippen LogP contribution in [0.25, 0.3) is 0 Å². The van der Waals surface area contributed by atoms with Crippen molar-refractivity contribution in [2.75, 3.05) is 32.8 Å². The molecule has 20 heavy (non-hydrogen) atoms. The second-order valence-corrected chi connectivity index (χ2v) is 5.51. The van der Waals surface area contributed by atoms with E-state index in [9.17, 15) is 4.79 Å². The Hall–Kier alpha value is -0.880. The highest BCUT2D eigenvalue weighted by molar-refractivity contribution is 6.34. The van der Waals surface area contributed by atoms with Crippen LogP contribution in [0.15, 0.2) is 12.1 Å². The zero-order valence-corrected chi connectivity index (χ0v) is 12.7. The first-order valence-electron chi connectivity index (χ1n) is 6.49. The molecule has 5 nitrogen and oxygen atoms in total. The van der Waals surface area contributed by atoms with Gasteiger partial charge in [-0.3, -0.25) is 9.69 Å². The maximum atomic E-state index is 12.1. The molecule has 7 heteroatoms. The minimum Gasteiger partial charge on any atom is -0.379 e. The summed E-state index contributed by atoms with van der Waals surface area (Å²) >= 11 is 11.6. The fourth-order valence-electron chi connectivity index (χ4n) is 2.10. The lowest BCUT2D eigenvalue weighted by Gasteiger charge is -2.29. The molecule has 1 aromatic heterocycles. The van der Waals surface area contributed by atoms with Gasteiger partial charge in [0.1, 0.15) is 10.3 Å². The van der Waals surface area contributed by atoms with Gasteiger partial charge in [-0.05, 0) is 19.1 Å². The fourth-order valence-corrected chi connectivity index (χ4v) is 2.53. The minimum atomic E-state index is -0.236. The lowest BCUT2D eigenvalue weighted by molar-refractivity contribution is 0.0342. The number of carbonyl (C=O) groups excluding carboxylic acids is 1. The number of carbonyl (C=O) groups is 1. The summed E-state index contributed by atoms with van der Waals surface area (Å²) in [6.07, 6.45) is 0. The highest BCUT2D eigenvalue weighted by Gasteiger charge is 2.17. The average Bonchev–Trinajstić information content (AvgIpc) is 2.39. The molecule has 1 N–H and O–H groups in total. The van der Waals surface area contributed by atoms with Gasteiger partial charge in [0.25, 0.3) is 5.91 Å². The topological polar surface area (TPSA) is 54.5 Å². The molecule has 1 saturated heterocycles. The van der Waals surface area contributed by atoms with E-state index in [1.165, 1.54) is 0 Å². The van der Waals surface area contributed by atoms with Crippen molar-refractivity contribution in [3.8, 4) is 0 Å². The van der Waals surface area contributed by atoms with Crippen LogP contribution < -0.4 is 5.32 Å². The molecule has 0 aromatic carbocycles. The lowest BCUT2D eigenvalue weighted by Crippen LogP contribution is -2.46. The number of nitrogens with zero attached hydrogens (tertiary/aromatic N) is 2. The second kappa shape index (κ2) is 7.22. The predicted molar refractivity (Wildman–Crippen MR) is 78.4 cm³/mol. The Balaban J connectivity index is 1.89. The zero-order chi connectivity index (χ0) is 14.5. The third-order valence-electron chi connectivity index (χ3n) is 3.07. The van der Waals surface area contributed by atoms with Crippen LogP contribution in [0.5, 0.6) is 0 Å². The van der Waals surface area contributed by atoms with Crippen LogP contribution in [0, 0.1) is 0 Å². The van der Waals surface area contributed by atoms with Crippen molar-refractivity contribution in [1.82, 2.24) is 15.2 Å². The van der Waals surface area contributed by atoms with Crippen LogP contribution in [0.2, 0.25) is 10.3 Å². The van der Waals surface area contributed by atoms with Gasteiger partial charge in [0.2, 0.25) is 0 Å². The van der Waals surface area contributed by atoms with E-state index in [1.54, 1.807) is 12.1 Å². The van der Waals surface area contributed by atoms with Crippen LogP contribution in [0.4, 0.5) is 0 Å². The highest BCUT2D eigenvalue weighted by atomic mass is 35.5. The molecule has 1 aliphatic rings. The van der Waals surface area contributed by atoms with E-state index in [0.29, 0.717) is 5.56 Å². The van der Waals surface area contributed by atoms with Gasteiger partial charge in [-0.15, -0.1) is 0 Å². The molecule has 0 radical (unpaired) electrons. The summed E-state index contributed by atoms with van der Waals surface area (Å²) in [5.41, 5.74) is 0.338. The van der Waals surface area contributed by atoms with Gasteiger partial charge in [0.05, 0.1) is 18.8 Å². The van der Waals surface area contributed by atoms with E-state index >= 15 is 0 Å². The smallest absolute Gasteiger partial charge is 0.254 e. The van der Waals surface area contributed by atoms with Crippen LogP contribution in [-0.2, 0) is 4.74 Å². The fraction of sp³-hybridized carbons (Fsp3) is 0.538. The van der Waals surface area contributed by atoms with Crippen molar-refractivity contribution < 1.29 is 9.53 Å². The second-order valence-electron chi connectivity index (χ2n) is 4.76. The standard InChI is InChI=1S/C13H17Cl2N3O2/c1-9(8-18-4-6-20-7-5-18)16-13(19)10-2-3-11(14)17-12(10)15/h2-3,9H,4-8H2,1H3,(H,16,19). The molecule has 110 valence electrons. The first-order valence-corrected chi connectivity index (χ1v) is 7.25. The SMILES string of the molecule is CC(CN1CCOCC1)NC(=O)c1ccc(Cl)nc1Cl. The maximum Gasteiger partial charge on any atom is 0.254 e. The highest BCUT2D eigenvalue weighted by Crippen LogP contribution is 2.16. The molecule has 2 heterocycles. The number of morpholine rings is 1. The van der Waals surface area contributed by atoms with Crippen molar-refractivity contribution in [2.24, 2.45) is 0 Å². The molecule has 1 aliphatic heterocycles. The maximum absolute atomic E-state index is 12.1. The van der Waals surface area contributed by atoms with Crippen LogP contribution >= 0.6 is 23.2 Å². The molecule has 0 aliphatic carbocycles. The van der Waals surface area contributed by atoms with E-state index in [0.717, 1.165) is 32.8 Å². The molecular weight excluding hydrogens is 301 g/mol.